The summed E-state index contributed by atoms with van der Waals surface area (Å²) in [5.41, 5.74) is 0. The Morgan fingerprint density at radius 2 is 2.00 bits per heavy atom. The van der Waals surface area contributed by atoms with Crippen molar-refractivity contribution < 1.29 is 4.79 Å². The molecule has 1 atom stereocenters. The summed E-state index contributed by atoms with van der Waals surface area (Å²) >= 11 is 0. The van der Waals surface area contributed by atoms with Crippen molar-refractivity contribution in [3.63, 3.8) is 0 Å². The van der Waals surface area contributed by atoms with Crippen molar-refractivity contribution in [1.82, 2.24) is 5.32 Å². The minimum atomic E-state index is 0.0538. The van der Waals surface area contributed by atoms with E-state index in [4.69, 9.17) is 0 Å². The van der Waals surface area contributed by atoms with Gasteiger partial charge in [-0.25, -0.2) is 0 Å². The van der Waals surface area contributed by atoms with Crippen LogP contribution in [-0.2, 0) is 4.79 Å². The molecule has 0 heterocycles. The molecular formula is C9H17NO. The summed E-state index contributed by atoms with van der Waals surface area (Å²) in [6.07, 6.45) is 4.72. The quantitative estimate of drug-likeness (QED) is 0.666. The highest BCUT2D eigenvalue weighted by Gasteiger charge is 2.25. The number of hydrogen-bond donors (Lipinski definition) is 1. The van der Waals surface area contributed by atoms with Gasteiger partial charge in [-0.2, -0.15) is 0 Å². The van der Waals surface area contributed by atoms with Crippen molar-refractivity contribution >= 4 is 5.78 Å². The van der Waals surface area contributed by atoms with Gasteiger partial charge in [0.05, 0.1) is 6.04 Å². The van der Waals surface area contributed by atoms with Crippen molar-refractivity contribution in [3.8, 4) is 0 Å². The summed E-state index contributed by atoms with van der Waals surface area (Å²) < 4.78 is 0. The lowest BCUT2D eigenvalue weighted by atomic mass is 9.98. The molecule has 1 unspecified atom stereocenters. The molecule has 0 aromatic rings. The molecule has 0 spiro atoms. The van der Waals surface area contributed by atoms with Crippen molar-refractivity contribution in [1.29, 1.82) is 0 Å². The molecule has 0 aliphatic heterocycles. The Balaban J connectivity index is 2.39. The van der Waals surface area contributed by atoms with Gasteiger partial charge in [0, 0.05) is 5.92 Å². The van der Waals surface area contributed by atoms with E-state index >= 15 is 0 Å². The second-order valence-electron chi connectivity index (χ2n) is 3.39. The Hall–Kier alpha value is -0.370. The molecule has 1 N–H and O–H groups in total. The number of hydrogen-bond acceptors (Lipinski definition) is 2. The predicted octanol–water partition coefficient (Wildman–Crippen LogP) is 1.35. The highest BCUT2D eigenvalue weighted by molar-refractivity contribution is 5.86. The molecule has 0 bridgehead atoms. The van der Waals surface area contributed by atoms with Crippen LogP contribution in [-0.4, -0.2) is 18.9 Å². The molecule has 1 saturated carbocycles. The molecule has 0 saturated heterocycles. The van der Waals surface area contributed by atoms with E-state index in [9.17, 15) is 4.79 Å². The Morgan fingerprint density at radius 1 is 1.45 bits per heavy atom. The lowest BCUT2D eigenvalue weighted by Crippen LogP contribution is -2.34. The second kappa shape index (κ2) is 3.86. The molecule has 2 nitrogen and oxygen atoms in total. The van der Waals surface area contributed by atoms with Crippen LogP contribution in [0.15, 0.2) is 0 Å². The number of carbonyl (C=O) groups excluding carboxylic acids is 1. The average molecular weight is 155 g/mol. The first-order chi connectivity index (χ1) is 5.25. The highest BCUT2D eigenvalue weighted by atomic mass is 16.1. The van der Waals surface area contributed by atoms with Gasteiger partial charge in [-0.3, -0.25) is 4.79 Å². The standard InChI is InChI=1S/C9H17NO/c1-7(10-2)9(11)8-5-3-4-6-8/h7-8,10H,3-6H2,1-2H3. The average Bonchev–Trinajstić information content (AvgIpc) is 2.53. The number of ketones is 1. The van der Waals surface area contributed by atoms with Gasteiger partial charge in [0.1, 0.15) is 0 Å². The summed E-state index contributed by atoms with van der Waals surface area (Å²) in [5.74, 6) is 0.766. The number of Topliss-reactive ketones (excluding diaryl/α,β-unsaturated/α-hetero) is 1. The summed E-state index contributed by atoms with van der Waals surface area (Å²) in [6, 6.07) is 0.0538. The minimum Gasteiger partial charge on any atom is -0.311 e. The lowest BCUT2D eigenvalue weighted by Gasteiger charge is -2.13. The largest absolute Gasteiger partial charge is 0.311 e. The van der Waals surface area contributed by atoms with Gasteiger partial charge in [0.2, 0.25) is 0 Å². The second-order valence-corrected chi connectivity index (χ2v) is 3.39. The third kappa shape index (κ3) is 2.03. The van der Waals surface area contributed by atoms with Crippen molar-refractivity contribution in [2.45, 2.75) is 38.6 Å². The Labute approximate surface area is 68.4 Å². The number of nitrogens with one attached hydrogen (secondary N) is 1. The molecule has 1 rings (SSSR count). The number of rotatable bonds is 3. The molecule has 0 aromatic heterocycles. The molecule has 64 valence electrons. The van der Waals surface area contributed by atoms with E-state index in [0.29, 0.717) is 11.7 Å². The molecule has 1 aliphatic rings. The zero-order valence-corrected chi connectivity index (χ0v) is 7.39. The van der Waals surface area contributed by atoms with Gasteiger partial charge in [-0.05, 0) is 26.8 Å². The van der Waals surface area contributed by atoms with Gasteiger partial charge in [-0.15, -0.1) is 0 Å². The maximum atomic E-state index is 11.5. The maximum Gasteiger partial charge on any atom is 0.152 e. The van der Waals surface area contributed by atoms with E-state index in [1.54, 1.807) is 0 Å². The van der Waals surface area contributed by atoms with Crippen LogP contribution < -0.4 is 5.32 Å². The summed E-state index contributed by atoms with van der Waals surface area (Å²) in [4.78, 5) is 11.5. The third-order valence-corrected chi connectivity index (χ3v) is 2.62. The van der Waals surface area contributed by atoms with Crippen LogP contribution in [0.4, 0.5) is 0 Å². The van der Waals surface area contributed by atoms with Crippen molar-refractivity contribution in [3.05, 3.63) is 0 Å². The minimum absolute atomic E-state index is 0.0538. The molecule has 2 heteroatoms. The van der Waals surface area contributed by atoms with Crippen LogP contribution >= 0.6 is 0 Å². The Bertz CT molecular complexity index is 138. The molecule has 0 aromatic carbocycles. The summed E-state index contributed by atoms with van der Waals surface area (Å²) in [7, 11) is 1.84. The first-order valence-corrected chi connectivity index (χ1v) is 4.46. The highest BCUT2D eigenvalue weighted by Crippen LogP contribution is 2.26. The van der Waals surface area contributed by atoms with E-state index in [-0.39, 0.29) is 6.04 Å². The van der Waals surface area contributed by atoms with Crippen LogP contribution in [0.3, 0.4) is 0 Å². The lowest BCUT2D eigenvalue weighted by molar-refractivity contribution is -0.124. The molecule has 1 aliphatic carbocycles. The first kappa shape index (κ1) is 8.72. The topological polar surface area (TPSA) is 29.1 Å². The van der Waals surface area contributed by atoms with Gasteiger partial charge < -0.3 is 5.32 Å². The fraction of sp³-hybridized carbons (Fsp3) is 0.889. The van der Waals surface area contributed by atoms with E-state index in [1.807, 2.05) is 14.0 Å². The molecule has 0 amide bonds. The van der Waals surface area contributed by atoms with Gasteiger partial charge in [0.25, 0.3) is 0 Å². The van der Waals surface area contributed by atoms with Crippen LogP contribution in [0.25, 0.3) is 0 Å². The summed E-state index contributed by atoms with van der Waals surface area (Å²) in [5, 5.41) is 2.99. The zero-order chi connectivity index (χ0) is 8.27. The van der Waals surface area contributed by atoms with Crippen LogP contribution in [0.1, 0.15) is 32.6 Å². The SMILES string of the molecule is CNC(C)C(=O)C1CCCC1. The predicted molar refractivity (Wildman–Crippen MR) is 45.5 cm³/mol. The third-order valence-electron chi connectivity index (χ3n) is 2.62. The van der Waals surface area contributed by atoms with Crippen molar-refractivity contribution in [2.75, 3.05) is 7.05 Å². The smallest absolute Gasteiger partial charge is 0.152 e. The van der Waals surface area contributed by atoms with Crippen LogP contribution in [0, 0.1) is 5.92 Å². The van der Waals surface area contributed by atoms with E-state index in [0.717, 1.165) is 12.8 Å². The van der Waals surface area contributed by atoms with Gasteiger partial charge >= 0.3 is 0 Å². The monoisotopic (exact) mass is 155 g/mol. The molecule has 11 heavy (non-hydrogen) atoms. The number of carbonyl (C=O) groups is 1. The van der Waals surface area contributed by atoms with Crippen molar-refractivity contribution in [2.24, 2.45) is 5.92 Å². The fourth-order valence-electron chi connectivity index (χ4n) is 1.71. The van der Waals surface area contributed by atoms with Gasteiger partial charge in [-0.1, -0.05) is 12.8 Å². The van der Waals surface area contributed by atoms with E-state index in [1.165, 1.54) is 12.8 Å². The van der Waals surface area contributed by atoms with Crippen LogP contribution in [0.2, 0.25) is 0 Å². The molecule has 1 fully saturated rings. The van der Waals surface area contributed by atoms with E-state index < -0.39 is 0 Å². The maximum absolute atomic E-state index is 11.5. The Kier molecular flexibility index (Phi) is 3.06. The zero-order valence-electron chi connectivity index (χ0n) is 7.39. The fourth-order valence-corrected chi connectivity index (χ4v) is 1.71. The summed E-state index contributed by atoms with van der Waals surface area (Å²) in [6.45, 7) is 1.95. The molecular weight excluding hydrogens is 138 g/mol. The molecule has 0 radical (unpaired) electrons. The number of likely N-dealkylation sites (N-methyl/N-ethyl adjacent to an activating group) is 1. The van der Waals surface area contributed by atoms with E-state index in [2.05, 4.69) is 5.32 Å². The Morgan fingerprint density at radius 3 is 2.45 bits per heavy atom. The first-order valence-electron chi connectivity index (χ1n) is 4.46. The normalized spacial score (nSPS) is 22.0. The van der Waals surface area contributed by atoms with Gasteiger partial charge in [0.15, 0.2) is 5.78 Å². The van der Waals surface area contributed by atoms with Crippen LogP contribution in [0.5, 0.6) is 0 Å².